The second kappa shape index (κ2) is 6.36. The van der Waals surface area contributed by atoms with Gasteiger partial charge in [-0.05, 0) is 29.1 Å². The first kappa shape index (κ1) is 14.8. The van der Waals surface area contributed by atoms with Crippen molar-refractivity contribution in [3.05, 3.63) is 72.0 Å². The number of halogens is 1. The van der Waals surface area contributed by atoms with E-state index in [1.807, 2.05) is 30.3 Å². The maximum atomic E-state index is 13.5. The number of primary amides is 1. The van der Waals surface area contributed by atoms with E-state index >= 15 is 0 Å². The Bertz CT molecular complexity index is 850. The predicted octanol–water partition coefficient (Wildman–Crippen LogP) is 4.02. The van der Waals surface area contributed by atoms with Gasteiger partial charge >= 0.3 is 6.09 Å². The van der Waals surface area contributed by atoms with E-state index in [0.717, 1.165) is 5.56 Å². The van der Waals surface area contributed by atoms with Gasteiger partial charge in [-0.25, -0.2) is 9.18 Å². The van der Waals surface area contributed by atoms with Crippen LogP contribution in [0.15, 0.2) is 60.7 Å². The molecule has 3 aromatic rings. The van der Waals surface area contributed by atoms with Crippen LogP contribution in [0.2, 0.25) is 0 Å². The van der Waals surface area contributed by atoms with Gasteiger partial charge in [0.1, 0.15) is 23.9 Å². The molecule has 4 nitrogen and oxygen atoms in total. The molecule has 23 heavy (non-hydrogen) atoms. The Hall–Kier alpha value is -3.08. The third kappa shape index (κ3) is 3.58. The normalized spacial score (nSPS) is 10.5. The van der Waals surface area contributed by atoms with E-state index in [9.17, 15) is 9.18 Å². The van der Waals surface area contributed by atoms with Crippen molar-refractivity contribution in [2.75, 3.05) is 0 Å². The molecule has 0 aliphatic carbocycles. The highest BCUT2D eigenvalue weighted by molar-refractivity contribution is 5.90. The molecule has 0 aliphatic rings. The van der Waals surface area contributed by atoms with Gasteiger partial charge in [-0.2, -0.15) is 0 Å². The Balaban J connectivity index is 1.98. The zero-order valence-corrected chi connectivity index (χ0v) is 12.2. The fourth-order valence-electron chi connectivity index (χ4n) is 2.30. The van der Waals surface area contributed by atoms with Crippen molar-refractivity contribution in [2.24, 2.45) is 5.73 Å². The molecule has 0 fully saturated rings. The predicted molar refractivity (Wildman–Crippen MR) is 84.9 cm³/mol. The van der Waals surface area contributed by atoms with Crippen molar-refractivity contribution in [3.63, 3.8) is 0 Å². The molecule has 0 unspecified atom stereocenters. The minimum atomic E-state index is -0.916. The van der Waals surface area contributed by atoms with Crippen LogP contribution in [0, 0.1) is 5.82 Å². The Labute approximate surface area is 132 Å². The number of fused-ring (bicyclic) bond motifs is 1. The first-order chi connectivity index (χ1) is 11.1. The van der Waals surface area contributed by atoms with Crippen LogP contribution in [-0.4, -0.2) is 6.09 Å². The van der Waals surface area contributed by atoms with E-state index in [1.54, 1.807) is 12.1 Å². The van der Waals surface area contributed by atoms with Gasteiger partial charge in [0.2, 0.25) is 0 Å². The van der Waals surface area contributed by atoms with E-state index in [2.05, 4.69) is 0 Å². The average molecular weight is 311 g/mol. The fraction of sp³-hybridized carbons (Fsp3) is 0.0556. The van der Waals surface area contributed by atoms with Crippen molar-refractivity contribution in [1.82, 2.24) is 0 Å². The number of carbonyl (C=O) groups is 1. The highest BCUT2D eigenvalue weighted by Crippen LogP contribution is 2.32. The van der Waals surface area contributed by atoms with Crippen LogP contribution in [0.3, 0.4) is 0 Å². The summed E-state index contributed by atoms with van der Waals surface area (Å²) in [7, 11) is 0. The Kier molecular flexibility index (Phi) is 4.10. The number of hydrogen-bond acceptors (Lipinski definition) is 3. The lowest BCUT2D eigenvalue weighted by atomic mass is 10.1. The van der Waals surface area contributed by atoms with Crippen molar-refractivity contribution in [2.45, 2.75) is 6.61 Å². The summed E-state index contributed by atoms with van der Waals surface area (Å²) >= 11 is 0. The summed E-state index contributed by atoms with van der Waals surface area (Å²) in [6.07, 6.45) is -0.916. The number of hydrogen-bond donors (Lipinski definition) is 1. The van der Waals surface area contributed by atoms with Gasteiger partial charge in [0.05, 0.1) is 0 Å². The molecule has 0 bridgehead atoms. The van der Waals surface area contributed by atoms with Gasteiger partial charge in [0, 0.05) is 11.5 Å². The molecule has 116 valence electrons. The van der Waals surface area contributed by atoms with Crippen LogP contribution in [-0.2, 0) is 6.61 Å². The molecule has 0 aliphatic heterocycles. The number of rotatable bonds is 4. The number of benzene rings is 3. The van der Waals surface area contributed by atoms with Gasteiger partial charge in [-0.3, -0.25) is 0 Å². The zero-order chi connectivity index (χ0) is 16.2. The number of ether oxygens (including phenoxy) is 2. The summed E-state index contributed by atoms with van der Waals surface area (Å²) in [4.78, 5) is 10.9. The third-order valence-electron chi connectivity index (χ3n) is 3.31. The van der Waals surface area contributed by atoms with Gasteiger partial charge in [0.25, 0.3) is 0 Å². The van der Waals surface area contributed by atoms with Crippen molar-refractivity contribution in [1.29, 1.82) is 0 Å². The Morgan fingerprint density at radius 2 is 1.83 bits per heavy atom. The zero-order valence-electron chi connectivity index (χ0n) is 12.2. The van der Waals surface area contributed by atoms with Gasteiger partial charge in [-0.1, -0.05) is 36.4 Å². The van der Waals surface area contributed by atoms with Crippen LogP contribution in [0.5, 0.6) is 11.5 Å². The highest BCUT2D eigenvalue weighted by atomic mass is 19.1. The molecular formula is C18H14FNO3. The molecule has 2 N–H and O–H groups in total. The molecule has 0 heterocycles. The molecule has 5 heteroatoms. The lowest BCUT2D eigenvalue weighted by Gasteiger charge is -2.12. The van der Waals surface area contributed by atoms with Crippen LogP contribution in [0.4, 0.5) is 9.18 Å². The summed E-state index contributed by atoms with van der Waals surface area (Å²) in [5.74, 6) is 0.299. The Morgan fingerprint density at radius 3 is 2.57 bits per heavy atom. The molecule has 0 atom stereocenters. The molecule has 0 radical (unpaired) electrons. The van der Waals surface area contributed by atoms with E-state index < -0.39 is 6.09 Å². The maximum Gasteiger partial charge on any atom is 0.409 e. The Morgan fingerprint density at radius 1 is 1.04 bits per heavy atom. The number of amides is 1. The summed E-state index contributed by atoms with van der Waals surface area (Å²) in [5, 5.41) is 1.28. The summed E-state index contributed by atoms with van der Waals surface area (Å²) in [6, 6.07) is 17.0. The van der Waals surface area contributed by atoms with Crippen LogP contribution < -0.4 is 15.2 Å². The van der Waals surface area contributed by atoms with Gasteiger partial charge in [0.15, 0.2) is 0 Å². The minimum absolute atomic E-state index is 0.250. The van der Waals surface area contributed by atoms with E-state index in [-0.39, 0.29) is 11.6 Å². The number of nitrogens with two attached hydrogens (primary N) is 1. The van der Waals surface area contributed by atoms with Crippen molar-refractivity contribution >= 4 is 16.9 Å². The molecule has 0 spiro atoms. The molecular weight excluding hydrogens is 297 g/mol. The fourth-order valence-corrected chi connectivity index (χ4v) is 2.30. The molecule has 0 aromatic heterocycles. The van der Waals surface area contributed by atoms with E-state index in [0.29, 0.717) is 23.1 Å². The maximum absolute atomic E-state index is 13.5. The standard InChI is InChI=1S/C18H14FNO3/c19-14-7-6-13-8-15(23-18(20)21)10-17(16(13)9-14)22-11-12-4-2-1-3-5-12/h1-10H,11H2,(H2,20,21). The molecule has 0 saturated heterocycles. The topological polar surface area (TPSA) is 61.6 Å². The van der Waals surface area contributed by atoms with E-state index in [1.165, 1.54) is 18.2 Å². The largest absolute Gasteiger partial charge is 0.488 e. The van der Waals surface area contributed by atoms with Crippen molar-refractivity contribution < 1.29 is 18.7 Å². The molecule has 0 saturated carbocycles. The van der Waals surface area contributed by atoms with Crippen LogP contribution in [0.25, 0.3) is 10.8 Å². The SMILES string of the molecule is NC(=O)Oc1cc(OCc2ccccc2)c2cc(F)ccc2c1. The summed E-state index contributed by atoms with van der Waals surface area (Å²) in [6.45, 7) is 0.312. The lowest BCUT2D eigenvalue weighted by molar-refractivity contribution is 0.210. The van der Waals surface area contributed by atoms with E-state index in [4.69, 9.17) is 15.2 Å². The first-order valence-electron chi connectivity index (χ1n) is 6.99. The first-order valence-corrected chi connectivity index (χ1v) is 6.99. The third-order valence-corrected chi connectivity index (χ3v) is 3.31. The second-order valence-corrected chi connectivity index (χ2v) is 4.98. The van der Waals surface area contributed by atoms with Crippen molar-refractivity contribution in [3.8, 4) is 11.5 Å². The average Bonchev–Trinajstić information content (AvgIpc) is 2.53. The quantitative estimate of drug-likeness (QED) is 0.791. The van der Waals surface area contributed by atoms with Gasteiger partial charge in [-0.15, -0.1) is 0 Å². The summed E-state index contributed by atoms with van der Waals surface area (Å²) < 4.78 is 24.2. The molecule has 3 rings (SSSR count). The minimum Gasteiger partial charge on any atom is -0.488 e. The van der Waals surface area contributed by atoms with Gasteiger partial charge < -0.3 is 15.2 Å². The van der Waals surface area contributed by atoms with Crippen LogP contribution >= 0.6 is 0 Å². The lowest BCUT2D eigenvalue weighted by Crippen LogP contribution is -2.16. The highest BCUT2D eigenvalue weighted by Gasteiger charge is 2.09. The monoisotopic (exact) mass is 311 g/mol. The second-order valence-electron chi connectivity index (χ2n) is 4.98. The smallest absolute Gasteiger partial charge is 0.409 e. The number of carbonyl (C=O) groups excluding carboxylic acids is 1. The van der Waals surface area contributed by atoms with Crippen LogP contribution in [0.1, 0.15) is 5.56 Å². The summed E-state index contributed by atoms with van der Waals surface area (Å²) in [5.41, 5.74) is 6.02. The molecule has 1 amide bonds. The molecule has 3 aromatic carbocycles.